The Morgan fingerprint density at radius 2 is 1.73 bits per heavy atom. The zero-order valence-corrected chi connectivity index (χ0v) is 22.5. The fourth-order valence-corrected chi connectivity index (χ4v) is 5.14. The lowest BCUT2D eigenvalue weighted by molar-refractivity contribution is -0.287. The first kappa shape index (κ1) is 29.3. The first-order valence-electron chi connectivity index (χ1n) is 13.3. The highest BCUT2D eigenvalue weighted by Gasteiger charge is 2.41. The topological polar surface area (TPSA) is 194 Å². The van der Waals surface area contributed by atoms with Crippen LogP contribution in [-0.4, -0.2) is 99.3 Å². The van der Waals surface area contributed by atoms with E-state index in [1.807, 2.05) is 0 Å². The molecular formula is C28H34O13. The molecule has 0 bridgehead atoms. The van der Waals surface area contributed by atoms with Crippen molar-refractivity contribution in [1.29, 1.82) is 0 Å². The van der Waals surface area contributed by atoms with Crippen LogP contribution in [0.2, 0.25) is 0 Å². The van der Waals surface area contributed by atoms with E-state index in [-0.39, 0.29) is 66.0 Å². The monoisotopic (exact) mass is 578 g/mol. The second-order valence-corrected chi connectivity index (χ2v) is 10.4. The van der Waals surface area contributed by atoms with Gasteiger partial charge in [-0.25, -0.2) is 0 Å². The van der Waals surface area contributed by atoms with Crippen molar-refractivity contribution in [3.05, 3.63) is 41.5 Å². The van der Waals surface area contributed by atoms with Crippen LogP contribution in [0, 0.1) is 0 Å². The molecule has 13 heteroatoms. The SMILES string of the molecule is COc1ccc(C2CC(=O)c3c(O)cc(O[C@H]4C[C@@H](O)[C@H](O)[C@@H](CO[C@@H]5O[C@@H](C)[C@H](O)C[C@H]5O)O4)cc3O2)cc1O. The number of aromatic hydroxyl groups is 2. The largest absolute Gasteiger partial charge is 0.507 e. The highest BCUT2D eigenvalue weighted by molar-refractivity contribution is 6.02. The van der Waals surface area contributed by atoms with Crippen molar-refractivity contribution in [3.8, 4) is 28.7 Å². The number of benzene rings is 2. The van der Waals surface area contributed by atoms with Crippen molar-refractivity contribution in [2.24, 2.45) is 0 Å². The maximum absolute atomic E-state index is 12.9. The summed E-state index contributed by atoms with van der Waals surface area (Å²) in [6.45, 7) is 1.38. The third-order valence-electron chi connectivity index (χ3n) is 7.46. The van der Waals surface area contributed by atoms with Crippen LogP contribution in [0.25, 0.3) is 0 Å². The second kappa shape index (κ2) is 12.0. The van der Waals surface area contributed by atoms with E-state index in [2.05, 4.69) is 0 Å². The fourth-order valence-electron chi connectivity index (χ4n) is 5.14. The van der Waals surface area contributed by atoms with E-state index in [0.29, 0.717) is 5.56 Å². The van der Waals surface area contributed by atoms with E-state index >= 15 is 0 Å². The number of hydrogen-bond donors (Lipinski definition) is 6. The Hall–Kier alpha value is -3.17. The Balaban J connectivity index is 1.27. The summed E-state index contributed by atoms with van der Waals surface area (Å²) in [5.41, 5.74) is 0.516. The minimum atomic E-state index is -1.32. The molecule has 3 aliphatic heterocycles. The molecule has 0 spiro atoms. The second-order valence-electron chi connectivity index (χ2n) is 10.4. The van der Waals surface area contributed by atoms with Crippen LogP contribution in [0.4, 0.5) is 0 Å². The molecule has 3 aliphatic rings. The number of rotatable bonds is 7. The van der Waals surface area contributed by atoms with Crippen LogP contribution in [-0.2, 0) is 14.2 Å². The summed E-state index contributed by atoms with van der Waals surface area (Å²) < 4.78 is 33.8. The zero-order chi connectivity index (χ0) is 29.4. The smallest absolute Gasteiger partial charge is 0.202 e. The number of hydrogen-bond acceptors (Lipinski definition) is 13. The van der Waals surface area contributed by atoms with E-state index in [1.165, 1.54) is 25.3 Å². The van der Waals surface area contributed by atoms with Crippen molar-refractivity contribution in [2.75, 3.05) is 13.7 Å². The van der Waals surface area contributed by atoms with Crippen molar-refractivity contribution in [3.63, 3.8) is 0 Å². The summed E-state index contributed by atoms with van der Waals surface area (Å²) in [6, 6.07) is 7.29. The Morgan fingerprint density at radius 3 is 2.46 bits per heavy atom. The Kier molecular flexibility index (Phi) is 8.57. The van der Waals surface area contributed by atoms with Crippen molar-refractivity contribution in [1.82, 2.24) is 0 Å². The minimum Gasteiger partial charge on any atom is -0.507 e. The minimum absolute atomic E-state index is 0.0111. The summed E-state index contributed by atoms with van der Waals surface area (Å²) in [7, 11) is 1.42. The normalized spacial score (nSPS) is 33.5. The number of methoxy groups -OCH3 is 1. The van der Waals surface area contributed by atoms with Gasteiger partial charge in [-0.1, -0.05) is 6.07 Å². The zero-order valence-electron chi connectivity index (χ0n) is 22.5. The fraction of sp³-hybridized carbons (Fsp3) is 0.536. The van der Waals surface area contributed by atoms with E-state index in [4.69, 9.17) is 28.4 Å². The van der Waals surface area contributed by atoms with E-state index < -0.39 is 55.3 Å². The van der Waals surface area contributed by atoms with Crippen molar-refractivity contribution in [2.45, 2.75) is 81.5 Å². The number of phenols is 2. The molecule has 0 saturated carbocycles. The Labute approximate surface area is 235 Å². The number of carbonyl (C=O) groups is 1. The Bertz CT molecular complexity index is 1250. The molecule has 0 aromatic heterocycles. The summed E-state index contributed by atoms with van der Waals surface area (Å²) in [5, 5.41) is 61.6. The molecule has 1 unspecified atom stereocenters. The molecule has 2 saturated heterocycles. The Morgan fingerprint density at radius 1 is 0.951 bits per heavy atom. The van der Waals surface area contributed by atoms with Crippen LogP contribution in [0.5, 0.6) is 28.7 Å². The molecule has 2 aromatic rings. The number of fused-ring (bicyclic) bond motifs is 1. The predicted octanol–water partition coefficient (Wildman–Crippen LogP) is 0.902. The molecular weight excluding hydrogens is 544 g/mol. The maximum atomic E-state index is 12.9. The number of phenolic OH excluding ortho intramolecular Hbond substituents is 2. The number of ketones is 1. The third-order valence-corrected chi connectivity index (χ3v) is 7.46. The first-order valence-corrected chi connectivity index (χ1v) is 13.3. The van der Waals surface area contributed by atoms with E-state index in [0.717, 1.165) is 0 Å². The van der Waals surface area contributed by atoms with Crippen LogP contribution in [0.1, 0.15) is 48.2 Å². The highest BCUT2D eigenvalue weighted by Crippen LogP contribution is 2.43. The highest BCUT2D eigenvalue weighted by atomic mass is 16.7. The average molecular weight is 579 g/mol. The summed E-state index contributed by atoms with van der Waals surface area (Å²) in [4.78, 5) is 12.9. The molecule has 2 fully saturated rings. The van der Waals surface area contributed by atoms with Gasteiger partial charge in [-0.3, -0.25) is 4.79 Å². The van der Waals surface area contributed by atoms with Crippen LogP contribution in [0.3, 0.4) is 0 Å². The number of ether oxygens (including phenoxy) is 6. The number of aliphatic hydroxyl groups is 4. The molecule has 2 aromatic carbocycles. The van der Waals surface area contributed by atoms with Gasteiger partial charge in [0.05, 0.1) is 38.4 Å². The first-order chi connectivity index (χ1) is 19.5. The van der Waals surface area contributed by atoms with Gasteiger partial charge in [-0.15, -0.1) is 0 Å². The van der Waals surface area contributed by atoms with Gasteiger partial charge in [0.1, 0.15) is 47.2 Å². The lowest BCUT2D eigenvalue weighted by atomic mass is 9.95. The van der Waals surface area contributed by atoms with Crippen molar-refractivity contribution < 1.29 is 63.9 Å². The molecule has 0 radical (unpaired) electrons. The molecule has 224 valence electrons. The predicted molar refractivity (Wildman–Crippen MR) is 138 cm³/mol. The third kappa shape index (κ3) is 6.21. The molecule has 9 atom stereocenters. The van der Waals surface area contributed by atoms with Gasteiger partial charge in [0.25, 0.3) is 0 Å². The van der Waals surface area contributed by atoms with Gasteiger partial charge in [0.2, 0.25) is 6.29 Å². The molecule has 0 aliphatic carbocycles. The number of Topliss-reactive ketones (excluding diaryl/α,β-unsaturated/α-hetero) is 1. The molecule has 13 nitrogen and oxygen atoms in total. The quantitative estimate of drug-likeness (QED) is 0.272. The summed E-state index contributed by atoms with van der Waals surface area (Å²) in [5.74, 6) is -0.438. The van der Waals surface area contributed by atoms with Crippen LogP contribution >= 0.6 is 0 Å². The van der Waals surface area contributed by atoms with Gasteiger partial charge in [0.15, 0.2) is 23.6 Å². The van der Waals surface area contributed by atoms with E-state index in [1.54, 1.807) is 19.1 Å². The maximum Gasteiger partial charge on any atom is 0.202 e. The number of aliphatic hydroxyl groups excluding tert-OH is 4. The molecule has 3 heterocycles. The van der Waals surface area contributed by atoms with Gasteiger partial charge >= 0.3 is 0 Å². The molecule has 41 heavy (non-hydrogen) atoms. The van der Waals surface area contributed by atoms with Gasteiger partial charge < -0.3 is 59.1 Å². The standard InChI is InChI=1S/C28H34O13/c1-12-15(29)8-20(34)28(38-12)37-11-24-27(35)19(33)10-25(41-24)39-14-6-17(31)26-18(32)9-22(40-23(26)7-14)13-3-4-21(36-2)16(30)5-13/h3-7,12,15,19-20,22,24-25,27-31,33-35H,8-11H2,1-2H3/t12-,15+,19+,20+,22?,24+,25+,27-,28+/m0/s1. The van der Waals surface area contributed by atoms with Crippen LogP contribution < -0.4 is 14.2 Å². The van der Waals surface area contributed by atoms with Gasteiger partial charge in [-0.2, -0.15) is 0 Å². The van der Waals surface area contributed by atoms with Crippen molar-refractivity contribution >= 4 is 5.78 Å². The molecule has 6 N–H and O–H groups in total. The van der Waals surface area contributed by atoms with Crippen LogP contribution in [0.15, 0.2) is 30.3 Å². The average Bonchev–Trinajstić information content (AvgIpc) is 2.91. The lowest BCUT2D eigenvalue weighted by Gasteiger charge is -2.39. The summed E-state index contributed by atoms with van der Waals surface area (Å²) >= 11 is 0. The van der Waals surface area contributed by atoms with E-state index in [9.17, 15) is 35.4 Å². The molecule has 5 rings (SSSR count). The number of carbonyl (C=O) groups excluding carboxylic acids is 1. The molecule has 0 amide bonds. The van der Waals surface area contributed by atoms with Gasteiger partial charge in [-0.05, 0) is 24.6 Å². The lowest BCUT2D eigenvalue weighted by Crippen LogP contribution is -2.53. The van der Waals surface area contributed by atoms with Gasteiger partial charge in [0, 0.05) is 25.0 Å². The summed E-state index contributed by atoms with van der Waals surface area (Å²) in [6.07, 6.45) is -9.13.